The van der Waals surface area contributed by atoms with Crippen molar-refractivity contribution in [3.05, 3.63) is 117 Å². The number of esters is 2. The molecule has 0 saturated carbocycles. The van der Waals surface area contributed by atoms with Crippen molar-refractivity contribution >= 4 is 50.1 Å². The lowest BCUT2D eigenvalue weighted by atomic mass is 9.89. The smallest absolute Gasteiger partial charge is 0.356 e. The number of carbonyl (C=O) groups is 2. The van der Waals surface area contributed by atoms with Gasteiger partial charge in [0.1, 0.15) is 11.6 Å². The molecular formula is C27H22INO6S. The maximum atomic E-state index is 14.2. The SMILES string of the molecule is COC(=O)C1=C(C(=O)OC)N(S(=O)(=O)c2ccccc2)C(c2ccccc2)C(I)=C1c1ccccc1. The molecule has 3 aromatic rings. The predicted octanol–water partition coefficient (Wildman–Crippen LogP) is 4.88. The van der Waals surface area contributed by atoms with E-state index in [-0.39, 0.29) is 10.5 Å². The molecule has 0 fully saturated rings. The Morgan fingerprint density at radius 1 is 0.778 bits per heavy atom. The van der Waals surface area contributed by atoms with Gasteiger partial charge in [-0.1, -0.05) is 78.9 Å². The highest BCUT2D eigenvalue weighted by Crippen LogP contribution is 2.50. The minimum atomic E-state index is -4.35. The number of nitrogens with zero attached hydrogens (tertiary/aromatic N) is 1. The summed E-state index contributed by atoms with van der Waals surface area (Å²) in [6, 6.07) is 24.7. The molecule has 0 saturated heterocycles. The van der Waals surface area contributed by atoms with Crippen molar-refractivity contribution in [1.82, 2.24) is 4.31 Å². The maximum Gasteiger partial charge on any atom is 0.356 e. The Balaban J connectivity index is 2.16. The summed E-state index contributed by atoms with van der Waals surface area (Å²) >= 11 is 2.05. The van der Waals surface area contributed by atoms with Gasteiger partial charge in [-0.15, -0.1) is 0 Å². The third-order valence-corrected chi connectivity index (χ3v) is 8.58. The van der Waals surface area contributed by atoms with Crippen LogP contribution in [0.3, 0.4) is 0 Å². The zero-order valence-corrected chi connectivity index (χ0v) is 22.4. The van der Waals surface area contributed by atoms with Gasteiger partial charge in [0.15, 0.2) is 5.70 Å². The standard InChI is InChI=1S/C27H22INO6S/c1-34-26(30)22-21(18-12-6-3-7-13-18)23(28)24(19-14-8-4-9-15-19)29(25(22)27(31)35-2)36(32,33)20-16-10-5-11-17-20/h3-17,24H,1-2H3. The summed E-state index contributed by atoms with van der Waals surface area (Å²) in [6.07, 6.45) is 0. The number of benzene rings is 3. The van der Waals surface area contributed by atoms with Crippen molar-refractivity contribution in [2.45, 2.75) is 10.9 Å². The molecule has 0 N–H and O–H groups in total. The van der Waals surface area contributed by atoms with E-state index in [1.54, 1.807) is 66.7 Å². The van der Waals surface area contributed by atoms with Crippen molar-refractivity contribution in [3.8, 4) is 0 Å². The van der Waals surface area contributed by atoms with Crippen LogP contribution in [0.5, 0.6) is 0 Å². The van der Waals surface area contributed by atoms with Gasteiger partial charge >= 0.3 is 11.9 Å². The lowest BCUT2D eigenvalue weighted by molar-refractivity contribution is -0.140. The molecule has 184 valence electrons. The third kappa shape index (κ3) is 4.56. The zero-order valence-electron chi connectivity index (χ0n) is 19.4. The van der Waals surface area contributed by atoms with Crippen molar-refractivity contribution in [2.24, 2.45) is 0 Å². The molecule has 1 aliphatic rings. The molecule has 1 aliphatic heterocycles. The number of hydrogen-bond donors (Lipinski definition) is 0. The number of carbonyl (C=O) groups excluding carboxylic acids is 2. The molecule has 3 aromatic carbocycles. The highest BCUT2D eigenvalue weighted by Gasteiger charge is 2.47. The normalized spacial score (nSPS) is 16.1. The van der Waals surface area contributed by atoms with E-state index in [0.717, 1.165) is 11.4 Å². The molecule has 0 amide bonds. The lowest BCUT2D eigenvalue weighted by Crippen LogP contribution is -2.42. The topological polar surface area (TPSA) is 90.0 Å². The van der Waals surface area contributed by atoms with E-state index in [0.29, 0.717) is 20.3 Å². The molecule has 0 aliphatic carbocycles. The van der Waals surface area contributed by atoms with Gasteiger partial charge in [-0.25, -0.2) is 22.3 Å². The summed E-state index contributed by atoms with van der Waals surface area (Å²) in [5, 5.41) is 0. The highest BCUT2D eigenvalue weighted by molar-refractivity contribution is 14.1. The number of methoxy groups -OCH3 is 2. The minimum Gasteiger partial charge on any atom is -0.465 e. The quantitative estimate of drug-likeness (QED) is 0.290. The minimum absolute atomic E-state index is 0.0380. The van der Waals surface area contributed by atoms with E-state index in [4.69, 9.17) is 9.47 Å². The van der Waals surface area contributed by atoms with Crippen LogP contribution in [-0.2, 0) is 29.1 Å². The van der Waals surface area contributed by atoms with E-state index in [1.807, 2.05) is 12.1 Å². The number of halogens is 1. The fourth-order valence-electron chi connectivity index (χ4n) is 4.08. The molecule has 0 aromatic heterocycles. The Bertz CT molecular complexity index is 1450. The second-order valence-corrected chi connectivity index (χ2v) is 10.7. The molecule has 36 heavy (non-hydrogen) atoms. The van der Waals surface area contributed by atoms with Gasteiger partial charge < -0.3 is 9.47 Å². The number of sulfonamides is 1. The first-order valence-corrected chi connectivity index (χ1v) is 13.4. The molecule has 0 radical (unpaired) electrons. The van der Waals surface area contributed by atoms with Gasteiger partial charge in [-0.05, 0) is 45.9 Å². The molecular weight excluding hydrogens is 593 g/mol. The average molecular weight is 615 g/mol. The Morgan fingerprint density at radius 3 is 1.81 bits per heavy atom. The Labute approximate surface area is 223 Å². The molecule has 1 unspecified atom stereocenters. The third-order valence-electron chi connectivity index (χ3n) is 5.67. The van der Waals surface area contributed by atoms with Crippen LogP contribution in [0.1, 0.15) is 17.2 Å². The predicted molar refractivity (Wildman–Crippen MR) is 143 cm³/mol. The summed E-state index contributed by atoms with van der Waals surface area (Å²) in [5.41, 5.74) is 1.03. The van der Waals surface area contributed by atoms with E-state index in [9.17, 15) is 18.0 Å². The number of ether oxygens (including phenoxy) is 2. The van der Waals surface area contributed by atoms with Gasteiger partial charge in [0.2, 0.25) is 0 Å². The van der Waals surface area contributed by atoms with Crippen LogP contribution in [-0.4, -0.2) is 38.9 Å². The molecule has 4 rings (SSSR count). The Hall–Kier alpha value is -3.44. The summed E-state index contributed by atoms with van der Waals surface area (Å²) < 4.78 is 39.9. The summed E-state index contributed by atoms with van der Waals surface area (Å²) in [4.78, 5) is 26.5. The lowest BCUT2D eigenvalue weighted by Gasteiger charge is -2.39. The van der Waals surface area contributed by atoms with Crippen LogP contribution in [0.4, 0.5) is 0 Å². The molecule has 1 heterocycles. The summed E-state index contributed by atoms with van der Waals surface area (Å²) in [6.45, 7) is 0. The average Bonchev–Trinajstić information content (AvgIpc) is 2.92. The van der Waals surface area contributed by atoms with Gasteiger partial charge in [0, 0.05) is 9.15 Å². The van der Waals surface area contributed by atoms with E-state index in [1.165, 1.54) is 19.2 Å². The van der Waals surface area contributed by atoms with Crippen LogP contribution >= 0.6 is 22.6 Å². The number of rotatable bonds is 6. The molecule has 0 bridgehead atoms. The van der Waals surface area contributed by atoms with Crippen molar-refractivity contribution in [2.75, 3.05) is 14.2 Å². The summed E-state index contributed by atoms with van der Waals surface area (Å²) in [7, 11) is -2.03. The first kappa shape index (κ1) is 25.6. The van der Waals surface area contributed by atoms with Crippen LogP contribution in [0.15, 0.2) is 111 Å². The first-order chi connectivity index (χ1) is 17.3. The Morgan fingerprint density at radius 2 is 1.28 bits per heavy atom. The summed E-state index contributed by atoms with van der Waals surface area (Å²) in [5.74, 6) is -1.84. The van der Waals surface area contributed by atoms with Gasteiger partial charge in [-0.3, -0.25) is 0 Å². The fourth-order valence-corrected chi connectivity index (χ4v) is 7.12. The second-order valence-electron chi connectivity index (χ2n) is 7.72. The monoisotopic (exact) mass is 615 g/mol. The van der Waals surface area contributed by atoms with Gasteiger partial charge in [0.25, 0.3) is 10.0 Å². The second kappa shape index (κ2) is 10.7. The molecule has 7 nitrogen and oxygen atoms in total. The Kier molecular flexibility index (Phi) is 7.60. The largest absolute Gasteiger partial charge is 0.465 e. The zero-order chi connectivity index (χ0) is 25.9. The maximum absolute atomic E-state index is 14.2. The molecule has 1 atom stereocenters. The fraction of sp³-hybridized carbons (Fsp3) is 0.111. The van der Waals surface area contributed by atoms with E-state index >= 15 is 0 Å². The van der Waals surface area contributed by atoms with Gasteiger partial charge in [-0.2, -0.15) is 0 Å². The van der Waals surface area contributed by atoms with Crippen LogP contribution in [0.2, 0.25) is 0 Å². The molecule has 9 heteroatoms. The van der Waals surface area contributed by atoms with Gasteiger partial charge in [0.05, 0.1) is 19.1 Å². The van der Waals surface area contributed by atoms with Crippen molar-refractivity contribution in [1.29, 1.82) is 0 Å². The van der Waals surface area contributed by atoms with Crippen LogP contribution in [0.25, 0.3) is 5.57 Å². The van der Waals surface area contributed by atoms with Crippen molar-refractivity contribution in [3.63, 3.8) is 0 Å². The van der Waals surface area contributed by atoms with E-state index in [2.05, 4.69) is 22.6 Å². The first-order valence-electron chi connectivity index (χ1n) is 10.8. The highest BCUT2D eigenvalue weighted by atomic mass is 127. The van der Waals surface area contributed by atoms with Crippen LogP contribution in [0, 0.1) is 0 Å². The van der Waals surface area contributed by atoms with Crippen molar-refractivity contribution < 1.29 is 27.5 Å². The number of hydrogen-bond acceptors (Lipinski definition) is 6. The van der Waals surface area contributed by atoms with E-state index < -0.39 is 33.7 Å². The van der Waals surface area contributed by atoms with Crippen LogP contribution < -0.4 is 0 Å². The molecule has 0 spiro atoms.